The molecule has 0 radical (unpaired) electrons. The fourth-order valence-electron chi connectivity index (χ4n) is 5.52. The van der Waals surface area contributed by atoms with E-state index in [-0.39, 0.29) is 23.9 Å². The third-order valence-corrected chi connectivity index (χ3v) is 7.82. The summed E-state index contributed by atoms with van der Waals surface area (Å²) in [6.07, 6.45) is 12.0. The molecule has 1 saturated heterocycles. The Balaban J connectivity index is 1.31. The van der Waals surface area contributed by atoms with Gasteiger partial charge in [-0.25, -0.2) is 4.99 Å². The number of amidine groups is 1. The molecule has 186 valence electrons. The van der Waals surface area contributed by atoms with Gasteiger partial charge in [-0.2, -0.15) is 0 Å². The first kappa shape index (κ1) is 23.9. The van der Waals surface area contributed by atoms with E-state index < -0.39 is 0 Å². The average Bonchev–Trinajstić information content (AvgIpc) is 3.69. The van der Waals surface area contributed by atoms with Crippen molar-refractivity contribution in [3.8, 4) is 0 Å². The van der Waals surface area contributed by atoms with Crippen LogP contribution in [0.25, 0.3) is 0 Å². The van der Waals surface area contributed by atoms with Crippen molar-refractivity contribution in [1.82, 2.24) is 20.5 Å². The van der Waals surface area contributed by atoms with E-state index in [4.69, 9.17) is 19.7 Å². The van der Waals surface area contributed by atoms with Gasteiger partial charge in [-0.05, 0) is 63.1 Å². The first-order chi connectivity index (χ1) is 16.7. The van der Waals surface area contributed by atoms with Gasteiger partial charge in [0.15, 0.2) is 6.29 Å². The minimum atomic E-state index is -0.241. The highest BCUT2D eigenvalue weighted by Crippen LogP contribution is 2.51. The molecule has 3 N–H and O–H groups in total. The molecule has 8 nitrogen and oxygen atoms in total. The summed E-state index contributed by atoms with van der Waals surface area (Å²) in [6.45, 7) is 6.74. The first-order valence-corrected chi connectivity index (χ1v) is 13.3. The number of aromatic nitrogens is 1. The van der Waals surface area contributed by atoms with Crippen molar-refractivity contribution in [3.05, 3.63) is 29.6 Å². The van der Waals surface area contributed by atoms with Gasteiger partial charge in [0.05, 0.1) is 30.9 Å². The Hall–Kier alpha value is -1.87. The fourth-order valence-corrected chi connectivity index (χ4v) is 5.52. The molecule has 8 heteroatoms. The summed E-state index contributed by atoms with van der Waals surface area (Å²) in [5, 5.41) is 17.0. The number of hydrogen-bond acceptors (Lipinski definition) is 8. The third-order valence-electron chi connectivity index (χ3n) is 7.82. The van der Waals surface area contributed by atoms with Crippen molar-refractivity contribution >= 4 is 12.1 Å². The predicted molar refractivity (Wildman–Crippen MR) is 134 cm³/mol. The van der Waals surface area contributed by atoms with E-state index in [1.807, 2.05) is 6.21 Å². The lowest BCUT2D eigenvalue weighted by atomic mass is 9.92. The average molecular weight is 469 g/mol. The summed E-state index contributed by atoms with van der Waals surface area (Å²) in [5.41, 5.74) is 2.46. The van der Waals surface area contributed by atoms with Gasteiger partial charge in [0, 0.05) is 37.1 Å². The van der Waals surface area contributed by atoms with Crippen LogP contribution >= 0.6 is 0 Å². The molecule has 2 aliphatic heterocycles. The molecule has 3 fully saturated rings. The maximum atomic E-state index is 9.91. The first-order valence-electron chi connectivity index (χ1n) is 13.3. The number of ether oxygens (including phenoxy) is 1. The lowest BCUT2D eigenvalue weighted by Crippen LogP contribution is -2.45. The van der Waals surface area contributed by atoms with Crippen LogP contribution < -0.4 is 10.6 Å². The highest BCUT2D eigenvalue weighted by atomic mass is 16.5. The van der Waals surface area contributed by atoms with Crippen molar-refractivity contribution in [2.45, 2.75) is 88.2 Å². The Kier molecular flexibility index (Phi) is 7.58. The molecule has 2 saturated carbocycles. The molecule has 1 aromatic heterocycles. The van der Waals surface area contributed by atoms with Gasteiger partial charge >= 0.3 is 0 Å². The molecule has 3 heterocycles. The maximum absolute atomic E-state index is 9.91. The number of unbranched alkanes of at least 4 members (excludes halogenated alkanes) is 1. The number of morpholine rings is 1. The molecule has 4 aliphatic rings. The largest absolute Gasteiger partial charge is 0.393 e. The molecule has 5 rings (SSSR count). The second-order valence-corrected chi connectivity index (χ2v) is 10.2. The van der Waals surface area contributed by atoms with E-state index >= 15 is 0 Å². The van der Waals surface area contributed by atoms with Gasteiger partial charge in [0.1, 0.15) is 5.84 Å². The number of pyridine rings is 1. The highest BCUT2D eigenvalue weighted by molar-refractivity contribution is 6.03. The summed E-state index contributed by atoms with van der Waals surface area (Å²) >= 11 is 0. The SMILES string of the molecule is CCCCNC1N=CC(c2ccc(C3(N4CCOCC4)CC3)cn2)C(NC2CCC(O)CC2)=N1. The normalized spacial score (nSPS) is 31.2. The topological polar surface area (TPSA) is 94.4 Å². The van der Waals surface area contributed by atoms with Crippen LogP contribution in [0.1, 0.15) is 75.5 Å². The van der Waals surface area contributed by atoms with Gasteiger partial charge in [-0.15, -0.1) is 0 Å². The van der Waals surface area contributed by atoms with Gasteiger partial charge in [0.2, 0.25) is 0 Å². The molecule has 2 aliphatic carbocycles. The van der Waals surface area contributed by atoms with Crippen LogP contribution in [0.3, 0.4) is 0 Å². The smallest absolute Gasteiger partial charge is 0.195 e. The Bertz CT molecular complexity index is 855. The van der Waals surface area contributed by atoms with Crippen molar-refractivity contribution in [1.29, 1.82) is 0 Å². The minimum Gasteiger partial charge on any atom is -0.393 e. The van der Waals surface area contributed by atoms with Crippen molar-refractivity contribution in [3.63, 3.8) is 0 Å². The van der Waals surface area contributed by atoms with Gasteiger partial charge < -0.3 is 15.2 Å². The van der Waals surface area contributed by atoms with Gasteiger partial charge in [-0.3, -0.25) is 20.2 Å². The third kappa shape index (κ3) is 5.35. The summed E-state index contributed by atoms with van der Waals surface area (Å²) in [7, 11) is 0. The molecule has 2 atom stereocenters. The van der Waals surface area contributed by atoms with E-state index in [1.165, 1.54) is 18.4 Å². The predicted octanol–water partition coefficient (Wildman–Crippen LogP) is 2.54. The van der Waals surface area contributed by atoms with Crippen LogP contribution in [0, 0.1) is 0 Å². The van der Waals surface area contributed by atoms with Crippen LogP contribution in [-0.2, 0) is 10.3 Å². The van der Waals surface area contributed by atoms with Crippen LogP contribution in [0.15, 0.2) is 28.3 Å². The monoisotopic (exact) mass is 468 g/mol. The van der Waals surface area contributed by atoms with Crippen LogP contribution in [0.5, 0.6) is 0 Å². The zero-order chi connectivity index (χ0) is 23.4. The Labute approximate surface area is 203 Å². The zero-order valence-corrected chi connectivity index (χ0v) is 20.5. The maximum Gasteiger partial charge on any atom is 0.195 e. The summed E-state index contributed by atoms with van der Waals surface area (Å²) in [4.78, 5) is 17.2. The van der Waals surface area contributed by atoms with E-state index in [2.05, 4.69) is 40.8 Å². The molecule has 1 aromatic rings. The van der Waals surface area contributed by atoms with Gasteiger partial charge in [-0.1, -0.05) is 19.4 Å². The van der Waals surface area contributed by atoms with E-state index in [0.29, 0.717) is 6.04 Å². The van der Waals surface area contributed by atoms with Crippen molar-refractivity contribution < 1.29 is 9.84 Å². The molecule has 0 amide bonds. The number of aliphatic hydroxyl groups excluding tert-OH is 1. The van der Waals surface area contributed by atoms with E-state index in [9.17, 15) is 5.11 Å². The van der Waals surface area contributed by atoms with Crippen LogP contribution in [-0.4, -0.2) is 78.3 Å². The van der Waals surface area contributed by atoms with Crippen LogP contribution in [0.2, 0.25) is 0 Å². The summed E-state index contributed by atoms with van der Waals surface area (Å²) in [5.74, 6) is 0.878. The molecule has 2 unspecified atom stereocenters. The highest BCUT2D eigenvalue weighted by Gasteiger charge is 2.49. The Morgan fingerprint density at radius 1 is 1.15 bits per heavy atom. The summed E-state index contributed by atoms with van der Waals surface area (Å²) < 4.78 is 5.57. The number of nitrogens with one attached hydrogen (secondary N) is 2. The van der Waals surface area contributed by atoms with E-state index in [0.717, 1.165) is 82.9 Å². The molecule has 0 bridgehead atoms. The quantitative estimate of drug-likeness (QED) is 0.508. The van der Waals surface area contributed by atoms with Crippen molar-refractivity contribution in [2.75, 3.05) is 32.8 Å². The second kappa shape index (κ2) is 10.8. The number of hydrogen-bond donors (Lipinski definition) is 3. The minimum absolute atomic E-state index is 0.0661. The Morgan fingerprint density at radius 3 is 2.62 bits per heavy atom. The van der Waals surface area contributed by atoms with Crippen molar-refractivity contribution in [2.24, 2.45) is 9.98 Å². The zero-order valence-electron chi connectivity index (χ0n) is 20.5. The number of aliphatic hydroxyl groups is 1. The lowest BCUT2D eigenvalue weighted by molar-refractivity contribution is 0.00827. The van der Waals surface area contributed by atoms with E-state index in [1.54, 1.807) is 0 Å². The number of nitrogens with zero attached hydrogens (tertiary/aromatic N) is 4. The molecular formula is C26H40N6O2. The second-order valence-electron chi connectivity index (χ2n) is 10.2. The molecule has 0 aromatic carbocycles. The Morgan fingerprint density at radius 2 is 1.94 bits per heavy atom. The molecular weight excluding hydrogens is 428 g/mol. The van der Waals surface area contributed by atoms with Crippen LogP contribution in [0.4, 0.5) is 0 Å². The number of aliphatic imine (C=N–C) groups is 2. The summed E-state index contributed by atoms with van der Waals surface area (Å²) in [6, 6.07) is 4.76. The number of rotatable bonds is 8. The van der Waals surface area contributed by atoms with Gasteiger partial charge in [0.25, 0.3) is 0 Å². The lowest BCUT2D eigenvalue weighted by Gasteiger charge is -2.35. The standard InChI is InChI=1S/C26H40N6O2/c1-2-3-12-27-25-29-18-22(24(31-25)30-20-5-7-21(33)8-6-20)23-9-4-19(17-28-23)26(10-11-26)32-13-15-34-16-14-32/h4,9,17-18,20-22,25,27,33H,2-3,5-8,10-16H2,1H3,(H,30,31). The molecule has 34 heavy (non-hydrogen) atoms. The molecule has 0 spiro atoms. The fraction of sp³-hybridized carbons (Fsp3) is 0.731.